The summed E-state index contributed by atoms with van der Waals surface area (Å²) in [6.45, 7) is 10.2. The largest absolute Gasteiger partial charge is 0.389 e. The fraction of sp³-hybridized carbons (Fsp3) is 0.857. The van der Waals surface area contributed by atoms with Crippen LogP contribution in [0.1, 0.15) is 91.9 Å². The number of hydrogen-bond acceptors (Lipinski definition) is 4. The van der Waals surface area contributed by atoms with Crippen molar-refractivity contribution in [2.24, 2.45) is 35.0 Å². The highest BCUT2D eigenvalue weighted by Gasteiger charge is 2.67. The van der Waals surface area contributed by atoms with Gasteiger partial charge in [-0.3, -0.25) is 0 Å². The highest BCUT2D eigenvalue weighted by atomic mass is 16.6. The SMILES string of the molecule is CC1=C2CC3C(CCC4=CC(O)CCC43C)C2CCC2(C1)OC1(CCC(C)CN1O)[C@H]2C. The van der Waals surface area contributed by atoms with Crippen molar-refractivity contribution in [1.29, 1.82) is 0 Å². The molecule has 178 valence electrons. The van der Waals surface area contributed by atoms with E-state index < -0.39 is 5.72 Å². The number of aliphatic hydroxyl groups excluding tert-OH is 1. The van der Waals surface area contributed by atoms with Gasteiger partial charge < -0.3 is 15.1 Å². The number of aliphatic hydroxyl groups is 1. The van der Waals surface area contributed by atoms with Crippen molar-refractivity contribution in [3.8, 4) is 0 Å². The molecule has 2 saturated carbocycles. The Kier molecular flexibility index (Phi) is 4.89. The lowest BCUT2D eigenvalue weighted by Crippen LogP contribution is -2.75. The van der Waals surface area contributed by atoms with E-state index in [-0.39, 0.29) is 11.7 Å². The Hall–Kier alpha value is -0.680. The number of rotatable bonds is 0. The Morgan fingerprint density at radius 2 is 1.91 bits per heavy atom. The number of nitrogens with zero attached hydrogens (tertiary/aromatic N) is 1. The third kappa shape index (κ3) is 2.82. The van der Waals surface area contributed by atoms with E-state index in [1.165, 1.54) is 25.7 Å². The molecule has 9 atom stereocenters. The first-order valence-electron chi connectivity index (χ1n) is 13.4. The molecule has 6 rings (SSSR count). The van der Waals surface area contributed by atoms with Gasteiger partial charge in [-0.25, -0.2) is 0 Å². The van der Waals surface area contributed by atoms with Crippen molar-refractivity contribution < 1.29 is 15.1 Å². The predicted molar refractivity (Wildman–Crippen MR) is 125 cm³/mol. The number of fused-ring (bicyclic) bond motifs is 5. The van der Waals surface area contributed by atoms with Gasteiger partial charge in [0.25, 0.3) is 0 Å². The van der Waals surface area contributed by atoms with Crippen molar-refractivity contribution in [2.45, 2.75) is 109 Å². The molecule has 8 unspecified atom stereocenters. The van der Waals surface area contributed by atoms with Crippen LogP contribution in [0.2, 0.25) is 0 Å². The smallest absolute Gasteiger partial charge is 0.149 e. The van der Waals surface area contributed by atoms with Gasteiger partial charge in [0.05, 0.1) is 11.7 Å². The Morgan fingerprint density at radius 3 is 2.66 bits per heavy atom. The highest BCUT2D eigenvalue weighted by molar-refractivity contribution is 5.34. The topological polar surface area (TPSA) is 52.9 Å². The van der Waals surface area contributed by atoms with Gasteiger partial charge in [-0.05, 0) is 100 Å². The van der Waals surface area contributed by atoms with Crippen LogP contribution in [0.4, 0.5) is 0 Å². The Bertz CT molecular complexity index is 865. The summed E-state index contributed by atoms with van der Waals surface area (Å²) in [4.78, 5) is 0. The van der Waals surface area contributed by atoms with E-state index in [1.54, 1.807) is 21.8 Å². The molecule has 6 aliphatic rings. The number of allylic oxidation sites excluding steroid dienone is 2. The third-order valence-corrected chi connectivity index (χ3v) is 11.3. The van der Waals surface area contributed by atoms with Crippen LogP contribution in [0, 0.1) is 35.0 Å². The molecule has 4 heteroatoms. The minimum absolute atomic E-state index is 0.0863. The first kappa shape index (κ1) is 21.8. The zero-order chi connectivity index (χ0) is 22.5. The van der Waals surface area contributed by atoms with Gasteiger partial charge in [0, 0.05) is 12.5 Å². The molecule has 0 amide bonds. The average molecular weight is 442 g/mol. The number of piperidine rings is 1. The summed E-state index contributed by atoms with van der Waals surface area (Å²) in [6.07, 6.45) is 13.3. The van der Waals surface area contributed by atoms with Crippen LogP contribution in [0.25, 0.3) is 0 Å². The monoisotopic (exact) mass is 441 g/mol. The van der Waals surface area contributed by atoms with Gasteiger partial charge in [0.2, 0.25) is 0 Å². The molecule has 4 aliphatic carbocycles. The van der Waals surface area contributed by atoms with E-state index in [4.69, 9.17) is 4.74 Å². The number of ether oxygens (including phenoxy) is 1. The molecule has 2 spiro atoms. The predicted octanol–water partition coefficient (Wildman–Crippen LogP) is 5.84. The van der Waals surface area contributed by atoms with Crippen LogP contribution in [0.15, 0.2) is 22.8 Å². The zero-order valence-corrected chi connectivity index (χ0v) is 20.6. The Balaban J connectivity index is 1.26. The second-order valence-corrected chi connectivity index (χ2v) is 12.8. The van der Waals surface area contributed by atoms with Gasteiger partial charge in [0.15, 0.2) is 0 Å². The molecule has 4 fully saturated rings. The summed E-state index contributed by atoms with van der Waals surface area (Å²) in [7, 11) is 0. The van der Waals surface area contributed by atoms with E-state index in [0.717, 1.165) is 56.9 Å². The summed E-state index contributed by atoms with van der Waals surface area (Å²) < 4.78 is 6.84. The molecule has 32 heavy (non-hydrogen) atoms. The number of hydrogen-bond donors (Lipinski definition) is 2. The molecule has 4 nitrogen and oxygen atoms in total. The first-order chi connectivity index (χ1) is 15.2. The van der Waals surface area contributed by atoms with Crippen LogP contribution < -0.4 is 0 Å². The zero-order valence-electron chi connectivity index (χ0n) is 20.6. The third-order valence-electron chi connectivity index (χ3n) is 11.3. The quantitative estimate of drug-likeness (QED) is 0.464. The summed E-state index contributed by atoms with van der Waals surface area (Å²) in [5, 5.41) is 22.6. The van der Waals surface area contributed by atoms with E-state index in [2.05, 4.69) is 33.8 Å². The molecular weight excluding hydrogens is 398 g/mol. The van der Waals surface area contributed by atoms with E-state index in [9.17, 15) is 10.3 Å². The molecule has 0 aromatic carbocycles. The van der Waals surface area contributed by atoms with Crippen LogP contribution in [0.3, 0.4) is 0 Å². The normalized spacial score (nSPS) is 53.4. The molecule has 0 radical (unpaired) electrons. The van der Waals surface area contributed by atoms with Crippen molar-refractivity contribution in [1.82, 2.24) is 5.06 Å². The molecule has 0 bridgehead atoms. The van der Waals surface area contributed by atoms with Gasteiger partial charge in [0.1, 0.15) is 5.72 Å². The fourth-order valence-corrected chi connectivity index (χ4v) is 9.34. The van der Waals surface area contributed by atoms with E-state index >= 15 is 0 Å². The van der Waals surface area contributed by atoms with Crippen LogP contribution in [0.5, 0.6) is 0 Å². The lowest BCUT2D eigenvalue weighted by molar-refractivity contribution is -0.442. The van der Waals surface area contributed by atoms with E-state index in [1.807, 2.05) is 0 Å². The summed E-state index contributed by atoms with van der Waals surface area (Å²) in [6, 6.07) is 0. The van der Waals surface area contributed by atoms with Crippen molar-refractivity contribution >= 4 is 0 Å². The molecule has 0 aromatic heterocycles. The molecule has 0 aromatic rings. The lowest BCUT2D eigenvalue weighted by atomic mass is 9.56. The van der Waals surface area contributed by atoms with Crippen molar-refractivity contribution in [3.63, 3.8) is 0 Å². The van der Waals surface area contributed by atoms with Crippen molar-refractivity contribution in [3.05, 3.63) is 22.8 Å². The van der Waals surface area contributed by atoms with Crippen LogP contribution >= 0.6 is 0 Å². The molecule has 2 N–H and O–H groups in total. The Labute approximate surface area is 194 Å². The maximum atomic E-state index is 10.8. The first-order valence-corrected chi connectivity index (χ1v) is 13.4. The summed E-state index contributed by atoms with van der Waals surface area (Å²) in [5.41, 5.74) is 4.65. The fourth-order valence-electron chi connectivity index (χ4n) is 9.34. The van der Waals surface area contributed by atoms with Gasteiger partial charge in [-0.15, -0.1) is 0 Å². The summed E-state index contributed by atoms with van der Waals surface area (Å²) >= 11 is 0. The van der Waals surface area contributed by atoms with Gasteiger partial charge in [-0.2, -0.15) is 5.06 Å². The Morgan fingerprint density at radius 1 is 1.09 bits per heavy atom. The summed E-state index contributed by atoms with van der Waals surface area (Å²) in [5.74, 6) is 3.17. The molecule has 2 heterocycles. The van der Waals surface area contributed by atoms with Gasteiger partial charge >= 0.3 is 0 Å². The maximum absolute atomic E-state index is 10.8. The standard InChI is InChI=1S/C28H43NO3/c1-17-7-12-28(29(31)16-17)19(3)27(32-28)11-9-22-23-6-5-20-13-21(30)8-10-26(20,4)25(23)14-24(22)18(2)15-27/h13,17,19,21-23,25,30-31H,5-12,14-16H2,1-4H3/t17?,19-,21?,22?,23?,25?,26?,27?,28?/m0/s1. The lowest BCUT2D eigenvalue weighted by Gasteiger charge is -2.65. The van der Waals surface area contributed by atoms with Crippen molar-refractivity contribution in [2.75, 3.05) is 6.54 Å². The second-order valence-electron chi connectivity index (χ2n) is 12.8. The highest BCUT2D eigenvalue weighted by Crippen LogP contribution is 2.66. The molecule has 2 saturated heterocycles. The molecule has 2 aliphatic heterocycles. The minimum Gasteiger partial charge on any atom is -0.389 e. The minimum atomic E-state index is -0.444. The van der Waals surface area contributed by atoms with Crippen LogP contribution in [-0.4, -0.2) is 39.4 Å². The second kappa shape index (κ2) is 7.16. The number of hydroxylamine groups is 2. The van der Waals surface area contributed by atoms with E-state index in [0.29, 0.717) is 23.2 Å². The van der Waals surface area contributed by atoms with Gasteiger partial charge in [-0.1, -0.05) is 43.6 Å². The molecular formula is C28H43NO3. The maximum Gasteiger partial charge on any atom is 0.149 e. The van der Waals surface area contributed by atoms with Crippen LogP contribution in [-0.2, 0) is 4.74 Å². The average Bonchev–Trinajstić information content (AvgIpc) is 3.07.